The van der Waals surface area contributed by atoms with Crippen LogP contribution >= 0.6 is 23.2 Å². The largest absolute Gasteiger partial charge is 0.327 e. The fourth-order valence-electron chi connectivity index (χ4n) is 7.30. The van der Waals surface area contributed by atoms with Crippen LogP contribution in [-0.4, -0.2) is 76.7 Å². The Bertz CT molecular complexity index is 1620. The molecule has 1 unspecified atom stereocenters. The zero-order valence-corrected chi connectivity index (χ0v) is 29.4. The number of amides is 3. The molecule has 0 bridgehead atoms. The molecule has 4 aliphatic rings. The van der Waals surface area contributed by atoms with Crippen molar-refractivity contribution in [3.8, 4) is 0 Å². The van der Waals surface area contributed by atoms with Gasteiger partial charge < -0.3 is 16.0 Å². The van der Waals surface area contributed by atoms with Crippen LogP contribution in [0.1, 0.15) is 71.1 Å². The monoisotopic (exact) mass is 704 g/mol. The highest BCUT2D eigenvalue weighted by Gasteiger charge is 2.39. The lowest BCUT2D eigenvalue weighted by Gasteiger charge is -2.33. The molecule has 0 saturated carbocycles. The van der Waals surface area contributed by atoms with Crippen LogP contribution in [0.25, 0.3) is 0 Å². The highest BCUT2D eigenvalue weighted by atomic mass is 35.5. The maximum Gasteiger partial charge on any atom is 0.255 e. The van der Waals surface area contributed by atoms with Gasteiger partial charge >= 0.3 is 0 Å². The van der Waals surface area contributed by atoms with Crippen molar-refractivity contribution in [3.05, 3.63) is 105 Å². The maximum atomic E-state index is 12.9. The second-order valence-corrected chi connectivity index (χ2v) is 14.6. The first-order chi connectivity index (χ1) is 23.7. The number of nitrogens with two attached hydrogens (primary N) is 1. The summed E-state index contributed by atoms with van der Waals surface area (Å²) in [5.41, 5.74) is 11.3. The van der Waals surface area contributed by atoms with Gasteiger partial charge in [-0.1, -0.05) is 59.6 Å². The number of fused-ring (bicyclic) bond motifs is 1. The number of hydrogen-bond donors (Lipinski definition) is 3. The Balaban J connectivity index is 0.000000232. The molecule has 4 N–H and O–H groups in total. The SMILES string of the molecule is N[C@@H]1CCCN(Cc2ccc(Cl)cc2)C1.O=C1CCC(N2Cc3cc(CN[C@@H]4CCCN(Cc5ccc(Cl)cc5)C4)ccc3C2=O)C(=O)N1. The molecular weight excluding hydrogens is 659 g/mol. The van der Waals surface area contributed by atoms with E-state index in [1.807, 2.05) is 36.4 Å². The molecule has 0 radical (unpaired) electrons. The van der Waals surface area contributed by atoms with E-state index in [9.17, 15) is 14.4 Å². The number of carbonyl (C=O) groups excluding carboxylic acids is 3. The predicted molar refractivity (Wildman–Crippen MR) is 193 cm³/mol. The Labute approximate surface area is 299 Å². The third-order valence-electron chi connectivity index (χ3n) is 9.87. The average Bonchev–Trinajstić information content (AvgIpc) is 3.41. The standard InChI is InChI=1S/C26H29ClN4O3.C12H17ClN2/c27-20-6-3-17(4-7-20)14-30-11-1-2-21(16-30)28-13-18-5-8-22-19(12-18)15-31(26(22)34)23-9-10-24(32)29-25(23)33;13-11-5-3-10(4-6-11)8-15-7-1-2-12(14)9-15/h3-8,12,21,23,28H,1-2,9-11,13-16H2,(H,29,32,33);3-6,12H,1-2,7-9,14H2/t21-,23?;12-/m11/s1. The van der Waals surface area contributed by atoms with Crippen LogP contribution in [0.5, 0.6) is 0 Å². The van der Waals surface area contributed by atoms with Gasteiger partial charge in [0.05, 0.1) is 0 Å². The number of carbonyl (C=O) groups is 3. The summed E-state index contributed by atoms with van der Waals surface area (Å²) in [5, 5.41) is 7.60. The fourth-order valence-corrected chi connectivity index (χ4v) is 7.55. The number of nitrogens with one attached hydrogen (secondary N) is 2. The fraction of sp³-hybridized carbons (Fsp3) is 0.447. The molecule has 11 heteroatoms. The molecule has 3 saturated heterocycles. The lowest BCUT2D eigenvalue weighted by atomic mass is 10.0. The van der Waals surface area contributed by atoms with E-state index in [0.29, 0.717) is 30.6 Å². The predicted octanol–water partition coefficient (Wildman–Crippen LogP) is 5.12. The van der Waals surface area contributed by atoms with Crippen molar-refractivity contribution in [3.63, 3.8) is 0 Å². The lowest BCUT2D eigenvalue weighted by Crippen LogP contribution is -2.52. The second-order valence-electron chi connectivity index (χ2n) is 13.7. The van der Waals surface area contributed by atoms with Crippen LogP contribution in [0.15, 0.2) is 66.7 Å². The first kappa shape index (κ1) is 35.5. The molecule has 3 atom stereocenters. The van der Waals surface area contributed by atoms with Gasteiger partial charge in [0.15, 0.2) is 0 Å². The summed E-state index contributed by atoms with van der Waals surface area (Å²) in [6, 6.07) is 22.2. The van der Waals surface area contributed by atoms with Gasteiger partial charge in [-0.05, 0) is 97.8 Å². The summed E-state index contributed by atoms with van der Waals surface area (Å²) >= 11 is 11.8. The van der Waals surface area contributed by atoms with Gasteiger partial charge in [0.2, 0.25) is 11.8 Å². The molecule has 0 spiro atoms. The van der Waals surface area contributed by atoms with Gasteiger partial charge in [0, 0.05) is 73.4 Å². The zero-order valence-electron chi connectivity index (χ0n) is 27.9. The zero-order chi connectivity index (χ0) is 34.3. The summed E-state index contributed by atoms with van der Waals surface area (Å²) in [5.74, 6) is -0.776. The Morgan fingerprint density at radius 3 is 2.02 bits per heavy atom. The molecule has 9 nitrogen and oxygen atoms in total. The second kappa shape index (κ2) is 16.6. The van der Waals surface area contributed by atoms with E-state index in [4.69, 9.17) is 28.9 Å². The van der Waals surface area contributed by atoms with E-state index >= 15 is 0 Å². The van der Waals surface area contributed by atoms with E-state index in [1.54, 1.807) is 4.90 Å². The first-order valence-electron chi connectivity index (χ1n) is 17.4. The number of nitrogens with zero attached hydrogens (tertiary/aromatic N) is 3. The smallest absolute Gasteiger partial charge is 0.255 e. The summed E-state index contributed by atoms with van der Waals surface area (Å²) in [6.07, 6.45) is 5.33. The molecule has 0 aromatic heterocycles. The van der Waals surface area contributed by atoms with Gasteiger partial charge in [0.25, 0.3) is 5.91 Å². The summed E-state index contributed by atoms with van der Waals surface area (Å²) < 4.78 is 0. The van der Waals surface area contributed by atoms with Crippen molar-refractivity contribution in [1.29, 1.82) is 0 Å². The third-order valence-corrected chi connectivity index (χ3v) is 10.4. The number of halogens is 2. The minimum absolute atomic E-state index is 0.130. The van der Waals surface area contributed by atoms with E-state index in [2.05, 4.69) is 50.8 Å². The van der Waals surface area contributed by atoms with Crippen LogP contribution in [0.4, 0.5) is 0 Å². The Morgan fingerprint density at radius 1 is 0.776 bits per heavy atom. The van der Waals surface area contributed by atoms with E-state index < -0.39 is 6.04 Å². The molecule has 49 heavy (non-hydrogen) atoms. The molecule has 0 aliphatic carbocycles. The van der Waals surface area contributed by atoms with Crippen molar-refractivity contribution in [2.24, 2.45) is 5.73 Å². The summed E-state index contributed by atoms with van der Waals surface area (Å²) in [6.45, 7) is 7.33. The van der Waals surface area contributed by atoms with Gasteiger partial charge in [0.1, 0.15) is 6.04 Å². The van der Waals surface area contributed by atoms with Crippen molar-refractivity contribution in [2.75, 3.05) is 26.2 Å². The topological polar surface area (TPSA) is 111 Å². The van der Waals surface area contributed by atoms with Gasteiger partial charge in [-0.15, -0.1) is 0 Å². The molecule has 4 aliphatic heterocycles. The van der Waals surface area contributed by atoms with Crippen LogP contribution in [0.2, 0.25) is 10.0 Å². The third kappa shape index (κ3) is 9.69. The van der Waals surface area contributed by atoms with E-state index in [0.717, 1.165) is 86.2 Å². The summed E-state index contributed by atoms with van der Waals surface area (Å²) in [7, 11) is 0. The quantitative estimate of drug-likeness (QED) is 0.279. The number of likely N-dealkylation sites (tertiary alicyclic amines) is 2. The van der Waals surface area contributed by atoms with Crippen LogP contribution in [0, 0.1) is 0 Å². The van der Waals surface area contributed by atoms with Crippen molar-refractivity contribution >= 4 is 40.9 Å². The number of hydrogen-bond acceptors (Lipinski definition) is 7. The van der Waals surface area contributed by atoms with Gasteiger partial charge in [-0.25, -0.2) is 0 Å². The van der Waals surface area contributed by atoms with Crippen LogP contribution < -0.4 is 16.4 Å². The van der Waals surface area contributed by atoms with Crippen molar-refractivity contribution in [1.82, 2.24) is 25.3 Å². The Morgan fingerprint density at radius 2 is 1.39 bits per heavy atom. The number of rotatable bonds is 8. The molecule has 3 amide bonds. The Kier molecular flexibility index (Phi) is 12.0. The first-order valence-corrected chi connectivity index (χ1v) is 18.1. The normalized spacial score (nSPS) is 23.1. The molecule has 4 heterocycles. The molecule has 7 rings (SSSR count). The average molecular weight is 706 g/mol. The van der Waals surface area contributed by atoms with Crippen molar-refractivity contribution in [2.45, 2.75) is 82.8 Å². The van der Waals surface area contributed by atoms with Crippen LogP contribution in [-0.2, 0) is 35.8 Å². The van der Waals surface area contributed by atoms with Gasteiger partial charge in [-0.3, -0.25) is 29.5 Å². The minimum Gasteiger partial charge on any atom is -0.327 e. The molecule has 3 aromatic carbocycles. The van der Waals surface area contributed by atoms with Crippen molar-refractivity contribution < 1.29 is 14.4 Å². The Hall–Kier alpha value is -3.31. The number of benzene rings is 3. The molecule has 3 aromatic rings. The highest BCUT2D eigenvalue weighted by Crippen LogP contribution is 2.28. The van der Waals surface area contributed by atoms with Gasteiger partial charge in [-0.2, -0.15) is 0 Å². The summed E-state index contributed by atoms with van der Waals surface area (Å²) in [4.78, 5) is 43.1. The minimum atomic E-state index is -0.576. The number of imide groups is 1. The highest BCUT2D eigenvalue weighted by molar-refractivity contribution is 6.30. The molecule has 260 valence electrons. The maximum absolute atomic E-state index is 12.9. The molecular formula is C38H46Cl2N6O3. The lowest BCUT2D eigenvalue weighted by molar-refractivity contribution is -0.136. The molecule has 3 fully saturated rings. The number of piperidine rings is 3. The van der Waals surface area contributed by atoms with Crippen LogP contribution in [0.3, 0.4) is 0 Å². The van der Waals surface area contributed by atoms with E-state index in [1.165, 1.54) is 17.5 Å². The van der Waals surface area contributed by atoms with E-state index in [-0.39, 0.29) is 24.1 Å².